The lowest BCUT2D eigenvalue weighted by Crippen LogP contribution is -2.21. The van der Waals surface area contributed by atoms with Gasteiger partial charge in [-0.25, -0.2) is 4.98 Å². The number of Topliss-reactive ketones (excluding diaryl/α,β-unsaturated/α-hetero) is 1. The summed E-state index contributed by atoms with van der Waals surface area (Å²) in [4.78, 5) is 69.7. The number of ether oxygens (including phenoxy) is 2. The van der Waals surface area contributed by atoms with Gasteiger partial charge in [-0.2, -0.15) is 0 Å². The van der Waals surface area contributed by atoms with Crippen molar-refractivity contribution < 1.29 is 28.7 Å². The third-order valence-electron chi connectivity index (χ3n) is 10.0. The first-order valence-corrected chi connectivity index (χ1v) is 16.6. The monoisotopic (exact) mass is 660 g/mol. The molecule has 2 N–H and O–H groups in total. The van der Waals surface area contributed by atoms with Crippen LogP contribution in [0.4, 0.5) is 0 Å². The molecule has 0 saturated carbocycles. The molecule has 8 bridgehead atoms. The van der Waals surface area contributed by atoms with Crippen LogP contribution in [0.25, 0.3) is 39.3 Å². The summed E-state index contributed by atoms with van der Waals surface area (Å²) in [6.07, 6.45) is 7.26. The summed E-state index contributed by atoms with van der Waals surface area (Å²) in [5, 5.41) is 0. The number of methoxy groups -OCH3 is 1. The number of hydrogen-bond donors (Lipinski definition) is 2. The van der Waals surface area contributed by atoms with Crippen molar-refractivity contribution in [3.05, 3.63) is 87.5 Å². The van der Waals surface area contributed by atoms with Crippen molar-refractivity contribution in [1.29, 1.82) is 0 Å². The first kappa shape index (κ1) is 33.5. The highest BCUT2D eigenvalue weighted by Crippen LogP contribution is 2.48. The molecule has 2 unspecified atom stereocenters. The topological polar surface area (TPSA) is 144 Å². The van der Waals surface area contributed by atoms with Crippen LogP contribution in [0.2, 0.25) is 0 Å². The van der Waals surface area contributed by atoms with Gasteiger partial charge < -0.3 is 19.4 Å². The first-order valence-electron chi connectivity index (χ1n) is 16.6. The molecular formula is C39H40N4O6. The number of nitrogens with zero attached hydrogens (tertiary/aromatic N) is 2. The normalized spacial score (nSPS) is 18.3. The van der Waals surface area contributed by atoms with Crippen LogP contribution in [-0.4, -0.2) is 57.7 Å². The zero-order chi connectivity index (χ0) is 35.1. The van der Waals surface area contributed by atoms with Crippen LogP contribution in [-0.2, 0) is 23.9 Å². The molecule has 0 aromatic carbocycles. The molecule has 49 heavy (non-hydrogen) atoms. The SMILES string of the molecule is C=Cc1c(C)c2cc3nc(c4c5[nH]c(cc6nc(cc1[nH]2)C(C=O)=C6CC)c(C)c5C(=O)C4C(=O)OC)[C@@H](CCC(=O)OC/C=C\C)C3C. The van der Waals surface area contributed by atoms with E-state index in [0.717, 1.165) is 39.7 Å². The molecule has 10 heteroatoms. The van der Waals surface area contributed by atoms with Gasteiger partial charge in [0.1, 0.15) is 12.5 Å². The van der Waals surface area contributed by atoms with Gasteiger partial charge in [0, 0.05) is 62.8 Å². The Bertz CT molecular complexity index is 2160. The molecule has 3 aliphatic rings. The van der Waals surface area contributed by atoms with Crippen LogP contribution < -0.4 is 0 Å². The summed E-state index contributed by atoms with van der Waals surface area (Å²) >= 11 is 0. The van der Waals surface area contributed by atoms with E-state index in [0.29, 0.717) is 63.2 Å². The Morgan fingerprint density at radius 3 is 2.45 bits per heavy atom. The predicted octanol–water partition coefficient (Wildman–Crippen LogP) is 7.33. The number of rotatable bonds is 9. The minimum Gasteiger partial charge on any atom is -0.468 e. The molecule has 3 atom stereocenters. The molecule has 0 fully saturated rings. The number of H-pyrrole nitrogens is 2. The van der Waals surface area contributed by atoms with Crippen LogP contribution in [0, 0.1) is 13.8 Å². The maximum absolute atomic E-state index is 14.2. The zero-order valence-corrected chi connectivity index (χ0v) is 28.7. The Hall–Kier alpha value is -5.38. The first-order chi connectivity index (χ1) is 23.6. The van der Waals surface area contributed by atoms with Crippen LogP contribution in [0.15, 0.2) is 36.9 Å². The summed E-state index contributed by atoms with van der Waals surface area (Å²) in [6, 6.07) is 5.68. The van der Waals surface area contributed by atoms with E-state index in [9.17, 15) is 19.2 Å². The average molecular weight is 661 g/mol. The quantitative estimate of drug-likeness (QED) is 0.105. The maximum Gasteiger partial charge on any atom is 0.321 e. The van der Waals surface area contributed by atoms with Crippen LogP contribution in [0.3, 0.4) is 0 Å². The Morgan fingerprint density at radius 2 is 1.78 bits per heavy atom. The van der Waals surface area contributed by atoms with Crippen molar-refractivity contribution >= 4 is 63.3 Å². The highest BCUT2D eigenvalue weighted by atomic mass is 16.5. The second kappa shape index (κ2) is 13.3. The Balaban J connectivity index is 1.72. The number of aryl methyl sites for hydroxylation is 2. The third-order valence-corrected chi connectivity index (χ3v) is 10.0. The summed E-state index contributed by atoms with van der Waals surface area (Å²) in [5.41, 5.74) is 9.69. The molecule has 5 heterocycles. The highest BCUT2D eigenvalue weighted by Gasteiger charge is 2.45. The standard InChI is InChI=1S/C39H40N4O6/c1-8-11-14-49-32(45)13-12-24-20(5)27-15-26-19(4)22(9-2)29(40-26)17-31-25(18-44)23(10-3)30(41-31)16-28-21(6)33-37(43-28)34(36(24)42-27)35(38(33)46)39(47)48-7/h8-9,11,15-18,20,24,35,40,43H,2,10,12-14H2,1,3-7H3/b11-8-,26-15?,27-15?,28-16?,29-17?,30-16?,31-17?,36-34?/t20?,24-,35?/m0/s1. The second-order valence-electron chi connectivity index (χ2n) is 12.6. The summed E-state index contributed by atoms with van der Waals surface area (Å²) < 4.78 is 10.6. The van der Waals surface area contributed by atoms with Gasteiger partial charge in [0.25, 0.3) is 0 Å². The Morgan fingerprint density at radius 1 is 1.04 bits per heavy atom. The molecule has 0 saturated heterocycles. The zero-order valence-electron chi connectivity index (χ0n) is 28.7. The molecule has 1 aliphatic carbocycles. The molecule has 3 aromatic rings. The van der Waals surface area contributed by atoms with E-state index in [1.165, 1.54) is 7.11 Å². The van der Waals surface area contributed by atoms with E-state index in [-0.39, 0.29) is 36.6 Å². The molecule has 3 aromatic heterocycles. The number of nitrogens with one attached hydrogen (secondary N) is 2. The second-order valence-corrected chi connectivity index (χ2v) is 12.6. The van der Waals surface area contributed by atoms with Gasteiger partial charge >= 0.3 is 11.9 Å². The van der Waals surface area contributed by atoms with Gasteiger partial charge in [-0.05, 0) is 68.5 Å². The fourth-order valence-electron chi connectivity index (χ4n) is 7.34. The number of aromatic amines is 2. The van der Waals surface area contributed by atoms with Gasteiger partial charge in [0.05, 0.1) is 29.7 Å². The Labute approximate surface area is 284 Å². The van der Waals surface area contributed by atoms with Crippen molar-refractivity contribution in [2.75, 3.05) is 13.7 Å². The van der Waals surface area contributed by atoms with Gasteiger partial charge in [-0.3, -0.25) is 24.2 Å². The number of ketones is 1. The van der Waals surface area contributed by atoms with Crippen molar-refractivity contribution in [2.24, 2.45) is 0 Å². The van der Waals surface area contributed by atoms with E-state index in [2.05, 4.69) is 16.5 Å². The maximum atomic E-state index is 14.2. The van der Waals surface area contributed by atoms with Gasteiger partial charge in [0.2, 0.25) is 0 Å². The molecule has 10 nitrogen and oxygen atoms in total. The molecule has 0 spiro atoms. The molecule has 2 aliphatic heterocycles. The fourth-order valence-corrected chi connectivity index (χ4v) is 7.34. The summed E-state index contributed by atoms with van der Waals surface area (Å²) in [5.74, 6) is -3.11. The Kier molecular flexibility index (Phi) is 9.07. The number of esters is 2. The lowest BCUT2D eigenvalue weighted by molar-refractivity contribution is -0.143. The highest BCUT2D eigenvalue weighted by molar-refractivity contribution is 6.24. The lowest BCUT2D eigenvalue weighted by Gasteiger charge is -2.18. The number of aromatic nitrogens is 4. The summed E-state index contributed by atoms with van der Waals surface area (Å²) in [7, 11) is 1.27. The van der Waals surface area contributed by atoms with Crippen LogP contribution >= 0.6 is 0 Å². The number of fused-ring (bicyclic) bond motifs is 8. The smallest absolute Gasteiger partial charge is 0.321 e. The number of allylic oxidation sites excluding steroid dienone is 3. The van der Waals surface area contributed by atoms with Gasteiger partial charge in [-0.1, -0.05) is 38.7 Å². The van der Waals surface area contributed by atoms with E-state index in [4.69, 9.17) is 19.4 Å². The van der Waals surface area contributed by atoms with E-state index >= 15 is 0 Å². The van der Waals surface area contributed by atoms with Gasteiger partial charge in [-0.15, -0.1) is 0 Å². The minimum atomic E-state index is -1.22. The third kappa shape index (κ3) is 5.54. The van der Waals surface area contributed by atoms with E-state index in [1.54, 1.807) is 12.2 Å². The van der Waals surface area contributed by atoms with Gasteiger partial charge in [0.15, 0.2) is 12.1 Å². The number of aldehydes is 1. The summed E-state index contributed by atoms with van der Waals surface area (Å²) in [6.45, 7) is 13.9. The number of carbonyl (C=O) groups is 4. The number of carbonyl (C=O) groups excluding carboxylic acids is 4. The van der Waals surface area contributed by atoms with Crippen molar-refractivity contribution in [3.8, 4) is 0 Å². The van der Waals surface area contributed by atoms with E-state index < -0.39 is 11.9 Å². The molecule has 0 radical (unpaired) electrons. The van der Waals surface area contributed by atoms with Crippen molar-refractivity contribution in [1.82, 2.24) is 19.9 Å². The van der Waals surface area contributed by atoms with Crippen molar-refractivity contribution in [2.45, 2.75) is 71.6 Å². The fraction of sp³-hybridized carbons (Fsp3) is 0.333. The van der Waals surface area contributed by atoms with Crippen molar-refractivity contribution in [3.63, 3.8) is 0 Å². The molecule has 252 valence electrons. The van der Waals surface area contributed by atoms with Crippen LogP contribution in [0.1, 0.15) is 113 Å². The lowest BCUT2D eigenvalue weighted by atomic mass is 9.84. The molecular weight excluding hydrogens is 620 g/mol. The molecule has 6 rings (SSSR count). The predicted molar refractivity (Wildman–Crippen MR) is 189 cm³/mol. The molecule has 0 amide bonds. The number of hydrogen-bond acceptors (Lipinski definition) is 8. The van der Waals surface area contributed by atoms with E-state index in [1.807, 2.05) is 58.9 Å². The van der Waals surface area contributed by atoms with Crippen LogP contribution in [0.5, 0.6) is 0 Å². The largest absolute Gasteiger partial charge is 0.468 e. The average Bonchev–Trinajstić information content (AvgIpc) is 3.84. The minimum absolute atomic E-state index is 0.128.